The van der Waals surface area contributed by atoms with Crippen LogP contribution in [0, 0.1) is 0 Å². The molecule has 0 atom stereocenters. The van der Waals surface area contributed by atoms with Crippen molar-refractivity contribution < 1.29 is 25.9 Å². The van der Waals surface area contributed by atoms with E-state index in [1.165, 1.54) is 5.56 Å². The van der Waals surface area contributed by atoms with Crippen LogP contribution in [-0.4, -0.2) is 53.4 Å². The summed E-state index contributed by atoms with van der Waals surface area (Å²) < 4.78 is 51.7. The normalized spacial score (nSPS) is 10.7. The third-order valence-electron chi connectivity index (χ3n) is 1.70. The van der Waals surface area contributed by atoms with Gasteiger partial charge >= 0.3 is 0 Å². The summed E-state index contributed by atoms with van der Waals surface area (Å²) in [6.07, 6.45) is 9.44. The molecule has 0 aromatic carbocycles. The highest BCUT2D eigenvalue weighted by Gasteiger charge is 1.94. The number of imidazole rings is 1. The number of nitrogens with one attached hydrogen (secondary N) is 1. The number of rotatable bonds is 2. The Morgan fingerprint density at radius 3 is 1.82 bits per heavy atom. The highest BCUT2D eigenvalue weighted by atomic mass is 32.2. The van der Waals surface area contributed by atoms with E-state index < -0.39 is 20.2 Å². The van der Waals surface area contributed by atoms with Gasteiger partial charge in [-0.2, -0.15) is 16.8 Å². The molecule has 0 saturated heterocycles. The lowest BCUT2D eigenvalue weighted by Gasteiger charge is -1.95. The number of hydrogen-bond acceptors (Lipinski definition) is 6. The van der Waals surface area contributed by atoms with Gasteiger partial charge in [-0.1, -0.05) is 0 Å². The van der Waals surface area contributed by atoms with Crippen molar-refractivity contribution in [1.82, 2.24) is 15.0 Å². The first-order valence-corrected chi connectivity index (χ1v) is 9.36. The molecule has 2 rings (SSSR count). The van der Waals surface area contributed by atoms with E-state index in [1.54, 1.807) is 18.7 Å². The average molecular weight is 351 g/mol. The third kappa shape index (κ3) is 18.2. The molecule has 0 amide bonds. The van der Waals surface area contributed by atoms with Crippen molar-refractivity contribution in [2.45, 2.75) is 6.42 Å². The molecule has 2 aromatic rings. The summed E-state index contributed by atoms with van der Waals surface area (Å²) in [7, 11) is -7.33. The fourth-order valence-electron chi connectivity index (χ4n) is 1.10. The summed E-state index contributed by atoms with van der Waals surface area (Å²) in [6.45, 7) is 0. The predicted molar refractivity (Wildman–Crippen MR) is 80.6 cm³/mol. The number of nitrogens with zero attached hydrogens (tertiary/aromatic N) is 2. The van der Waals surface area contributed by atoms with Gasteiger partial charge in [0.2, 0.25) is 0 Å². The van der Waals surface area contributed by atoms with E-state index in [0.29, 0.717) is 12.5 Å². The van der Waals surface area contributed by atoms with Crippen LogP contribution in [0.1, 0.15) is 11.3 Å². The number of aromatic nitrogens is 3. The Labute approximate surface area is 129 Å². The average Bonchev–Trinajstić information content (AvgIpc) is 2.78. The number of hydrogen-bond donors (Lipinski definition) is 3. The van der Waals surface area contributed by atoms with Crippen molar-refractivity contribution >= 4 is 20.2 Å². The maximum absolute atomic E-state index is 9.19. The summed E-state index contributed by atoms with van der Waals surface area (Å²) in [6, 6.07) is 4.00. The zero-order valence-electron chi connectivity index (χ0n) is 11.9. The van der Waals surface area contributed by atoms with Crippen LogP contribution in [0.25, 0.3) is 0 Å². The van der Waals surface area contributed by atoms with Crippen LogP contribution in [0.3, 0.4) is 0 Å². The fraction of sp³-hybridized carbons (Fsp3) is 0.273. The second-order valence-corrected chi connectivity index (χ2v) is 7.01. The molecule has 0 aliphatic heterocycles. The van der Waals surface area contributed by atoms with Crippen molar-refractivity contribution in [3.8, 4) is 0 Å². The van der Waals surface area contributed by atoms with E-state index in [-0.39, 0.29) is 0 Å². The van der Waals surface area contributed by atoms with Gasteiger partial charge < -0.3 is 4.98 Å². The van der Waals surface area contributed by atoms with Crippen LogP contribution in [0.4, 0.5) is 0 Å². The van der Waals surface area contributed by atoms with Crippen molar-refractivity contribution in [2.75, 3.05) is 12.5 Å². The number of aromatic amines is 1. The van der Waals surface area contributed by atoms with Gasteiger partial charge in [0.25, 0.3) is 20.2 Å². The molecule has 0 unspecified atom stereocenters. The van der Waals surface area contributed by atoms with Gasteiger partial charge in [0.05, 0.1) is 18.8 Å². The fourth-order valence-corrected chi connectivity index (χ4v) is 1.10. The van der Waals surface area contributed by atoms with E-state index in [4.69, 9.17) is 9.11 Å². The van der Waals surface area contributed by atoms with Gasteiger partial charge in [-0.25, -0.2) is 4.98 Å². The monoisotopic (exact) mass is 351 g/mol. The molecule has 0 fully saturated rings. The van der Waals surface area contributed by atoms with Crippen LogP contribution >= 0.6 is 0 Å². The predicted octanol–water partition coefficient (Wildman–Crippen LogP) is 0.404. The zero-order valence-corrected chi connectivity index (χ0v) is 13.5. The van der Waals surface area contributed by atoms with E-state index in [0.717, 1.165) is 12.1 Å². The highest BCUT2D eigenvalue weighted by Crippen LogP contribution is 2.03. The molecule has 0 saturated carbocycles. The first-order valence-electron chi connectivity index (χ1n) is 5.66. The Morgan fingerprint density at radius 1 is 1.00 bits per heavy atom. The summed E-state index contributed by atoms with van der Waals surface area (Å²) in [5.41, 5.74) is 2.37. The van der Waals surface area contributed by atoms with Crippen LogP contribution in [0.5, 0.6) is 0 Å². The number of pyridine rings is 1. The number of H-pyrrole nitrogens is 1. The van der Waals surface area contributed by atoms with Gasteiger partial charge in [0.15, 0.2) is 0 Å². The second-order valence-electron chi connectivity index (χ2n) is 4.08. The van der Waals surface area contributed by atoms with E-state index in [1.807, 2.05) is 18.3 Å². The molecule has 0 aliphatic carbocycles. The molecule has 0 aliphatic rings. The molecule has 11 heteroatoms. The van der Waals surface area contributed by atoms with Gasteiger partial charge in [-0.3, -0.25) is 14.1 Å². The summed E-state index contributed by atoms with van der Waals surface area (Å²) in [4.78, 5) is 11.0. The Balaban J connectivity index is 0.000000372. The molecular weight excluding hydrogens is 334 g/mol. The van der Waals surface area contributed by atoms with Crippen molar-refractivity contribution in [3.05, 3.63) is 48.3 Å². The maximum atomic E-state index is 9.19. The largest absolute Gasteiger partial charge is 0.348 e. The minimum absolute atomic E-state index is 0.715. The first kappa shape index (κ1) is 20.2. The second kappa shape index (κ2) is 9.25. The molecule has 3 N–H and O–H groups in total. The lowest BCUT2D eigenvalue weighted by atomic mass is 10.2. The Morgan fingerprint density at radius 2 is 1.45 bits per heavy atom. The minimum atomic E-state index is -3.67. The maximum Gasteiger partial charge on any atom is 0.261 e. The Hall–Kier alpha value is -1.82. The van der Waals surface area contributed by atoms with Crippen LogP contribution in [-0.2, 0) is 26.7 Å². The molecular formula is C11H17N3O6S2. The molecule has 0 bridgehead atoms. The molecule has 9 nitrogen and oxygen atoms in total. The molecule has 124 valence electrons. The molecule has 0 radical (unpaired) electrons. The van der Waals surface area contributed by atoms with E-state index in [9.17, 15) is 16.8 Å². The van der Waals surface area contributed by atoms with Gasteiger partial charge in [0, 0.05) is 30.7 Å². The van der Waals surface area contributed by atoms with Crippen molar-refractivity contribution in [1.29, 1.82) is 0 Å². The Bertz CT molecular complexity index is 681. The van der Waals surface area contributed by atoms with Gasteiger partial charge in [0.1, 0.15) is 0 Å². The summed E-state index contributed by atoms with van der Waals surface area (Å²) in [5.74, 6) is 0. The van der Waals surface area contributed by atoms with Crippen molar-refractivity contribution in [2.24, 2.45) is 0 Å². The van der Waals surface area contributed by atoms with Gasteiger partial charge in [-0.05, 0) is 17.7 Å². The summed E-state index contributed by atoms with van der Waals surface area (Å²) in [5, 5.41) is 0. The highest BCUT2D eigenvalue weighted by molar-refractivity contribution is 7.85. The topological polar surface area (TPSA) is 150 Å². The standard InChI is InChI=1S/C9H9N3.2CH4O3S/c1-3-10-4-2-8(1)5-9-6-11-7-12-9;2*1-5(2,3)4/h1-4,6-7H,5H2,(H,11,12);2*1H3,(H,2,3,4). The van der Waals surface area contributed by atoms with Crippen LogP contribution in [0.15, 0.2) is 37.1 Å². The lowest BCUT2D eigenvalue weighted by molar-refractivity contribution is 0.488. The summed E-state index contributed by atoms with van der Waals surface area (Å²) >= 11 is 0. The lowest BCUT2D eigenvalue weighted by Crippen LogP contribution is -1.88. The van der Waals surface area contributed by atoms with Crippen LogP contribution < -0.4 is 0 Å². The van der Waals surface area contributed by atoms with Crippen molar-refractivity contribution in [3.63, 3.8) is 0 Å². The minimum Gasteiger partial charge on any atom is -0.348 e. The zero-order chi connectivity index (χ0) is 17.2. The molecule has 0 spiro atoms. The van der Waals surface area contributed by atoms with E-state index in [2.05, 4.69) is 15.0 Å². The van der Waals surface area contributed by atoms with E-state index >= 15 is 0 Å². The molecule has 2 aromatic heterocycles. The SMILES string of the molecule is CS(=O)(=O)O.CS(=O)(=O)O.c1cc(Cc2cnc[nH]2)ccn1. The third-order valence-corrected chi connectivity index (χ3v) is 1.70. The van der Waals surface area contributed by atoms with Crippen LogP contribution in [0.2, 0.25) is 0 Å². The molecule has 22 heavy (non-hydrogen) atoms. The Kier molecular flexibility index (Phi) is 8.48. The smallest absolute Gasteiger partial charge is 0.261 e. The van der Waals surface area contributed by atoms with Gasteiger partial charge in [-0.15, -0.1) is 0 Å². The first-order chi connectivity index (χ1) is 9.95. The quantitative estimate of drug-likeness (QED) is 0.658. The molecule has 2 heterocycles.